The van der Waals surface area contributed by atoms with E-state index in [1.807, 2.05) is 45.0 Å². The smallest absolute Gasteiger partial charge is 0.184 e. The predicted octanol–water partition coefficient (Wildman–Crippen LogP) is 3.22. The van der Waals surface area contributed by atoms with E-state index in [-0.39, 0.29) is 0 Å². The first-order valence-corrected chi connectivity index (χ1v) is 8.25. The summed E-state index contributed by atoms with van der Waals surface area (Å²) >= 11 is 0. The van der Waals surface area contributed by atoms with E-state index in [4.69, 9.17) is 19.6 Å². The molecule has 0 aliphatic heterocycles. The zero-order chi connectivity index (χ0) is 17.8. The molecule has 0 amide bonds. The number of hydrogen-bond acceptors (Lipinski definition) is 6. The van der Waals surface area contributed by atoms with E-state index in [1.165, 1.54) is 0 Å². The Morgan fingerprint density at radius 1 is 1.16 bits per heavy atom. The first kappa shape index (κ1) is 17.0. The number of nitrogens with one attached hydrogen (secondary N) is 1. The Labute approximate surface area is 146 Å². The molecule has 0 aliphatic carbocycles. The van der Waals surface area contributed by atoms with Crippen LogP contribution in [0.15, 0.2) is 34.9 Å². The summed E-state index contributed by atoms with van der Waals surface area (Å²) in [4.78, 5) is 4.50. The molecule has 2 heterocycles. The number of benzene rings is 1. The number of nitrogens with two attached hydrogens (primary N) is 1. The second kappa shape index (κ2) is 7.40. The number of rotatable bonds is 7. The van der Waals surface area contributed by atoms with Crippen LogP contribution >= 0.6 is 0 Å². The maximum absolute atomic E-state index is 6.36. The zero-order valence-corrected chi connectivity index (χ0v) is 14.6. The molecular weight excluding hydrogens is 320 g/mol. The highest BCUT2D eigenvalue weighted by atomic mass is 16.5. The molecule has 2 aromatic heterocycles. The Bertz CT molecular complexity index is 840. The maximum atomic E-state index is 6.36. The molecule has 3 aromatic rings. The van der Waals surface area contributed by atoms with Crippen LogP contribution in [0.4, 0.5) is 0 Å². The molecular formula is C18H22N4O3. The Balaban J connectivity index is 1.88. The van der Waals surface area contributed by atoms with Crippen molar-refractivity contribution in [2.45, 2.75) is 26.8 Å². The van der Waals surface area contributed by atoms with Crippen molar-refractivity contribution in [2.75, 3.05) is 13.2 Å². The molecule has 0 bridgehead atoms. The van der Waals surface area contributed by atoms with Gasteiger partial charge in [0.1, 0.15) is 11.6 Å². The fourth-order valence-electron chi connectivity index (χ4n) is 2.57. The quantitative estimate of drug-likeness (QED) is 0.684. The standard InChI is InChI=1S/C18H22N4O3/c1-4-23-14-7-6-12(10-15(14)24-5-2)16(19)18-20-17(21-22-18)13-8-9-25-11(13)3/h6-10,16H,4-5,19H2,1-3H3,(H,20,21,22). The van der Waals surface area contributed by atoms with Gasteiger partial charge in [-0.3, -0.25) is 5.10 Å². The van der Waals surface area contributed by atoms with Crippen molar-refractivity contribution in [3.63, 3.8) is 0 Å². The van der Waals surface area contributed by atoms with Crippen LogP contribution in [0.25, 0.3) is 11.4 Å². The van der Waals surface area contributed by atoms with Crippen molar-refractivity contribution >= 4 is 0 Å². The van der Waals surface area contributed by atoms with Gasteiger partial charge in [0.05, 0.1) is 31.1 Å². The highest BCUT2D eigenvalue weighted by Crippen LogP contribution is 2.32. The minimum absolute atomic E-state index is 0.455. The number of aryl methyl sites for hydroxylation is 1. The summed E-state index contributed by atoms with van der Waals surface area (Å²) in [6.07, 6.45) is 1.61. The van der Waals surface area contributed by atoms with Gasteiger partial charge in [0, 0.05) is 0 Å². The largest absolute Gasteiger partial charge is 0.490 e. The van der Waals surface area contributed by atoms with Gasteiger partial charge in [-0.25, -0.2) is 4.98 Å². The van der Waals surface area contributed by atoms with Crippen LogP contribution in [0.5, 0.6) is 11.5 Å². The van der Waals surface area contributed by atoms with Crippen LogP contribution in [-0.4, -0.2) is 28.4 Å². The lowest BCUT2D eigenvalue weighted by molar-refractivity contribution is 0.287. The van der Waals surface area contributed by atoms with Crippen LogP contribution < -0.4 is 15.2 Å². The van der Waals surface area contributed by atoms with Gasteiger partial charge in [-0.05, 0) is 44.5 Å². The van der Waals surface area contributed by atoms with E-state index >= 15 is 0 Å². The molecule has 0 saturated heterocycles. The second-order valence-corrected chi connectivity index (χ2v) is 5.48. The van der Waals surface area contributed by atoms with Gasteiger partial charge >= 0.3 is 0 Å². The highest BCUT2D eigenvalue weighted by Gasteiger charge is 2.18. The maximum Gasteiger partial charge on any atom is 0.184 e. The third-order valence-electron chi connectivity index (χ3n) is 3.82. The van der Waals surface area contributed by atoms with E-state index in [0.29, 0.717) is 36.4 Å². The summed E-state index contributed by atoms with van der Waals surface area (Å²) in [6, 6.07) is 7.02. The topological polar surface area (TPSA) is 99.2 Å². The van der Waals surface area contributed by atoms with Gasteiger partial charge < -0.3 is 19.6 Å². The number of aromatic nitrogens is 3. The first-order chi connectivity index (χ1) is 12.1. The number of ether oxygens (including phenoxy) is 2. The van der Waals surface area contributed by atoms with Gasteiger partial charge in [0.25, 0.3) is 0 Å². The number of furan rings is 1. The minimum Gasteiger partial charge on any atom is -0.490 e. The predicted molar refractivity (Wildman–Crippen MR) is 93.6 cm³/mol. The van der Waals surface area contributed by atoms with Crippen LogP contribution in [-0.2, 0) is 0 Å². The molecule has 0 fully saturated rings. The summed E-state index contributed by atoms with van der Waals surface area (Å²) in [5, 5.41) is 7.15. The molecule has 0 spiro atoms. The third-order valence-corrected chi connectivity index (χ3v) is 3.82. The van der Waals surface area contributed by atoms with Crippen LogP contribution in [0.3, 0.4) is 0 Å². The van der Waals surface area contributed by atoms with Gasteiger partial charge in [-0.15, -0.1) is 0 Å². The third kappa shape index (κ3) is 3.51. The summed E-state index contributed by atoms with van der Waals surface area (Å²) in [7, 11) is 0. The Morgan fingerprint density at radius 2 is 1.92 bits per heavy atom. The van der Waals surface area contributed by atoms with Crippen molar-refractivity contribution in [3.05, 3.63) is 47.7 Å². The minimum atomic E-state index is -0.455. The van der Waals surface area contributed by atoms with Crippen LogP contribution in [0.2, 0.25) is 0 Å². The fraction of sp³-hybridized carbons (Fsp3) is 0.333. The molecule has 3 rings (SSSR count). The molecule has 0 aliphatic rings. The SMILES string of the molecule is CCOc1ccc(C(N)c2nc(-c3ccoc3C)n[nH]2)cc1OCC. The molecule has 7 nitrogen and oxygen atoms in total. The molecule has 1 atom stereocenters. The van der Waals surface area contributed by atoms with Crippen molar-refractivity contribution in [1.29, 1.82) is 0 Å². The van der Waals surface area contributed by atoms with E-state index in [9.17, 15) is 0 Å². The molecule has 7 heteroatoms. The Kier molecular flexibility index (Phi) is 5.04. The Morgan fingerprint density at radius 3 is 2.60 bits per heavy atom. The van der Waals surface area contributed by atoms with Crippen molar-refractivity contribution < 1.29 is 13.9 Å². The Hall–Kier alpha value is -2.80. The van der Waals surface area contributed by atoms with E-state index < -0.39 is 6.04 Å². The van der Waals surface area contributed by atoms with Gasteiger partial charge in [0.15, 0.2) is 17.3 Å². The number of nitrogens with zero attached hydrogens (tertiary/aromatic N) is 2. The van der Waals surface area contributed by atoms with E-state index in [0.717, 1.165) is 16.9 Å². The summed E-state index contributed by atoms with van der Waals surface area (Å²) in [6.45, 7) is 6.85. The van der Waals surface area contributed by atoms with Gasteiger partial charge in [-0.2, -0.15) is 5.10 Å². The number of hydrogen-bond donors (Lipinski definition) is 2. The molecule has 25 heavy (non-hydrogen) atoms. The molecule has 132 valence electrons. The average molecular weight is 342 g/mol. The van der Waals surface area contributed by atoms with Crippen LogP contribution in [0, 0.1) is 6.92 Å². The van der Waals surface area contributed by atoms with E-state index in [1.54, 1.807) is 6.26 Å². The second-order valence-electron chi connectivity index (χ2n) is 5.48. The molecule has 0 radical (unpaired) electrons. The molecule has 0 saturated carbocycles. The lowest BCUT2D eigenvalue weighted by Gasteiger charge is -2.14. The first-order valence-electron chi connectivity index (χ1n) is 8.25. The van der Waals surface area contributed by atoms with Gasteiger partial charge in [0.2, 0.25) is 0 Å². The molecule has 1 unspecified atom stereocenters. The average Bonchev–Trinajstić information content (AvgIpc) is 3.25. The summed E-state index contributed by atoms with van der Waals surface area (Å²) in [5.41, 5.74) is 8.06. The van der Waals surface area contributed by atoms with Crippen molar-refractivity contribution in [3.8, 4) is 22.9 Å². The highest BCUT2D eigenvalue weighted by molar-refractivity contribution is 5.56. The fourth-order valence-corrected chi connectivity index (χ4v) is 2.57. The monoisotopic (exact) mass is 342 g/mol. The van der Waals surface area contributed by atoms with Crippen molar-refractivity contribution in [2.24, 2.45) is 5.73 Å². The zero-order valence-electron chi connectivity index (χ0n) is 14.6. The number of aromatic amines is 1. The lowest BCUT2D eigenvalue weighted by Crippen LogP contribution is -2.14. The molecule has 1 aromatic carbocycles. The van der Waals surface area contributed by atoms with Crippen molar-refractivity contribution in [1.82, 2.24) is 15.2 Å². The molecule has 3 N–H and O–H groups in total. The summed E-state index contributed by atoms with van der Waals surface area (Å²) in [5.74, 6) is 3.27. The number of H-pyrrole nitrogens is 1. The summed E-state index contributed by atoms with van der Waals surface area (Å²) < 4.78 is 16.5. The van der Waals surface area contributed by atoms with E-state index in [2.05, 4.69) is 15.2 Å². The lowest BCUT2D eigenvalue weighted by atomic mass is 10.1. The normalized spacial score (nSPS) is 12.2. The van der Waals surface area contributed by atoms with Crippen LogP contribution in [0.1, 0.15) is 37.0 Å². The van der Waals surface area contributed by atoms with Gasteiger partial charge in [-0.1, -0.05) is 6.07 Å².